The molecule has 0 saturated carbocycles. The van der Waals surface area contributed by atoms with Crippen LogP contribution in [-0.4, -0.2) is 64.1 Å². The summed E-state index contributed by atoms with van der Waals surface area (Å²) in [6.45, 7) is 5.85. The standard InChI is InChI=1S/C11H17O5.3CH3.Sn/c1-3-7(12)11(15)9-4-6(2)8(16-9)5-10(13)14;;;;/h6-9,11-12,15H,1,4-5H2,2H3,(H,13,14);3*1H3;/t6-,7-,8+,9-,11-;;;;/m1..../s1. The van der Waals surface area contributed by atoms with Gasteiger partial charge in [0.2, 0.25) is 0 Å². The SMILES string of the molecule is C=[C]([C@@H](O)[C@@H](O)[C@H]1C[C@@H](C)[C@H](CC(=O)O)O1)[Sn]([CH3])([CH3])[CH3]. The first kappa shape index (κ1) is 17.9. The van der Waals surface area contributed by atoms with Gasteiger partial charge < -0.3 is 0 Å². The molecule has 0 aliphatic carbocycles. The fourth-order valence-electron chi connectivity index (χ4n) is 2.43. The zero-order valence-corrected chi connectivity index (χ0v) is 15.5. The molecule has 1 heterocycles. The molecule has 1 fully saturated rings. The van der Waals surface area contributed by atoms with Crippen LogP contribution in [-0.2, 0) is 9.53 Å². The summed E-state index contributed by atoms with van der Waals surface area (Å²) in [6.07, 6.45) is -2.44. The van der Waals surface area contributed by atoms with E-state index in [9.17, 15) is 15.0 Å². The second-order valence-electron chi connectivity index (χ2n) is 6.73. The van der Waals surface area contributed by atoms with Crippen LogP contribution >= 0.6 is 0 Å². The Balaban J connectivity index is 2.67. The molecule has 0 spiro atoms. The van der Waals surface area contributed by atoms with Crippen molar-refractivity contribution in [2.75, 3.05) is 0 Å². The van der Waals surface area contributed by atoms with Crippen molar-refractivity contribution in [3.63, 3.8) is 0 Å². The van der Waals surface area contributed by atoms with Crippen molar-refractivity contribution in [2.45, 2.75) is 59.0 Å². The summed E-state index contributed by atoms with van der Waals surface area (Å²) in [6, 6.07) is 0. The molecule has 0 aromatic heterocycles. The van der Waals surface area contributed by atoms with Gasteiger partial charge in [0.1, 0.15) is 0 Å². The molecule has 5 nitrogen and oxygen atoms in total. The summed E-state index contributed by atoms with van der Waals surface area (Å²) in [5.74, 6) is -0.850. The first-order valence-corrected chi connectivity index (χ1v) is 17.0. The third-order valence-electron chi connectivity index (χ3n) is 3.99. The van der Waals surface area contributed by atoms with E-state index in [-0.39, 0.29) is 12.3 Å². The molecule has 3 N–H and O–H groups in total. The van der Waals surface area contributed by atoms with Crippen LogP contribution in [0.4, 0.5) is 0 Å². The number of aliphatic hydroxyl groups is 2. The Morgan fingerprint density at radius 1 is 1.40 bits per heavy atom. The average Bonchev–Trinajstić information content (AvgIpc) is 2.66. The quantitative estimate of drug-likeness (QED) is 0.595. The van der Waals surface area contributed by atoms with E-state index in [4.69, 9.17) is 9.84 Å². The Morgan fingerprint density at radius 3 is 2.40 bits per heavy atom. The van der Waals surface area contributed by atoms with E-state index in [0.717, 1.165) is 3.59 Å². The molecule has 0 radical (unpaired) electrons. The maximum absolute atomic E-state index is 10.8. The van der Waals surface area contributed by atoms with Crippen LogP contribution in [0.3, 0.4) is 0 Å². The molecule has 1 aliphatic rings. The molecule has 1 rings (SSSR count). The average molecular weight is 393 g/mol. The molecular weight excluding hydrogens is 367 g/mol. The fourth-order valence-corrected chi connectivity index (χ4v) is 5.45. The number of hydrogen-bond donors (Lipinski definition) is 3. The van der Waals surface area contributed by atoms with Crippen molar-refractivity contribution in [1.82, 2.24) is 0 Å². The number of carbonyl (C=O) groups is 1. The zero-order valence-electron chi connectivity index (χ0n) is 12.7. The Labute approximate surface area is 124 Å². The van der Waals surface area contributed by atoms with Gasteiger partial charge in [0.15, 0.2) is 0 Å². The molecule has 20 heavy (non-hydrogen) atoms. The molecule has 6 heteroatoms. The van der Waals surface area contributed by atoms with Gasteiger partial charge in [-0.3, -0.25) is 0 Å². The van der Waals surface area contributed by atoms with Crippen LogP contribution in [0.15, 0.2) is 10.2 Å². The summed E-state index contributed by atoms with van der Waals surface area (Å²) in [7, 11) is 0. The van der Waals surface area contributed by atoms with Gasteiger partial charge in [-0.15, -0.1) is 0 Å². The second kappa shape index (κ2) is 6.77. The van der Waals surface area contributed by atoms with Crippen LogP contribution in [0.1, 0.15) is 19.8 Å². The Kier molecular flexibility index (Phi) is 6.07. The first-order valence-electron chi connectivity index (χ1n) is 6.96. The van der Waals surface area contributed by atoms with E-state index in [1.165, 1.54) is 0 Å². The van der Waals surface area contributed by atoms with Crippen LogP contribution < -0.4 is 0 Å². The summed E-state index contributed by atoms with van der Waals surface area (Å²) < 4.78 is 6.38. The predicted octanol–water partition coefficient (Wildman–Crippen LogP) is 1.41. The van der Waals surface area contributed by atoms with E-state index in [1.807, 2.05) is 6.92 Å². The molecule has 0 aromatic carbocycles. The van der Waals surface area contributed by atoms with Crippen molar-refractivity contribution < 1.29 is 24.9 Å². The number of ether oxygens (including phenoxy) is 1. The molecule has 0 aromatic rings. The molecule has 5 atom stereocenters. The van der Waals surface area contributed by atoms with E-state index in [1.54, 1.807) is 0 Å². The van der Waals surface area contributed by atoms with Crippen molar-refractivity contribution in [2.24, 2.45) is 5.92 Å². The topological polar surface area (TPSA) is 87.0 Å². The molecule has 116 valence electrons. The fraction of sp³-hybridized carbons (Fsp3) is 0.786. The van der Waals surface area contributed by atoms with Gasteiger partial charge in [-0.2, -0.15) is 0 Å². The van der Waals surface area contributed by atoms with Gasteiger partial charge in [-0.05, 0) is 0 Å². The zero-order chi connectivity index (χ0) is 15.7. The molecular formula is C14H26O5Sn. The van der Waals surface area contributed by atoms with Crippen LogP contribution in [0.25, 0.3) is 0 Å². The van der Waals surface area contributed by atoms with Crippen molar-refractivity contribution in [3.05, 3.63) is 10.2 Å². The number of carboxylic acid groups (broad SMARTS) is 1. The number of aliphatic hydroxyl groups excluding tert-OH is 2. The summed E-state index contributed by atoms with van der Waals surface area (Å²) in [5, 5.41) is 29.3. The summed E-state index contributed by atoms with van der Waals surface area (Å²) in [5.41, 5.74) is 0. The van der Waals surface area contributed by atoms with E-state index < -0.39 is 48.8 Å². The molecule has 1 saturated heterocycles. The normalized spacial score (nSPS) is 30.0. The number of carboxylic acids is 1. The summed E-state index contributed by atoms with van der Waals surface area (Å²) in [4.78, 5) is 17.1. The van der Waals surface area contributed by atoms with Gasteiger partial charge in [0, 0.05) is 0 Å². The second-order valence-corrected chi connectivity index (χ2v) is 21.4. The van der Waals surface area contributed by atoms with Gasteiger partial charge in [0.25, 0.3) is 0 Å². The van der Waals surface area contributed by atoms with E-state index >= 15 is 0 Å². The van der Waals surface area contributed by atoms with Crippen molar-refractivity contribution in [3.8, 4) is 0 Å². The van der Waals surface area contributed by atoms with E-state index in [2.05, 4.69) is 21.4 Å². The molecule has 1 aliphatic heterocycles. The maximum atomic E-state index is 10.8. The molecule has 0 unspecified atom stereocenters. The Bertz CT molecular complexity index is 376. The molecule has 0 amide bonds. The number of aliphatic carboxylic acids is 1. The van der Waals surface area contributed by atoms with Gasteiger partial charge >= 0.3 is 124 Å². The van der Waals surface area contributed by atoms with Crippen LogP contribution in [0.2, 0.25) is 14.8 Å². The minimum atomic E-state index is -2.49. The van der Waals surface area contributed by atoms with Crippen LogP contribution in [0.5, 0.6) is 0 Å². The van der Waals surface area contributed by atoms with E-state index in [0.29, 0.717) is 6.42 Å². The van der Waals surface area contributed by atoms with Gasteiger partial charge in [-0.1, -0.05) is 0 Å². The predicted molar refractivity (Wildman–Crippen MR) is 79.2 cm³/mol. The third kappa shape index (κ3) is 4.44. The number of rotatable bonds is 6. The monoisotopic (exact) mass is 394 g/mol. The number of hydrogen-bond acceptors (Lipinski definition) is 4. The minimum absolute atomic E-state index is 0.0596. The van der Waals surface area contributed by atoms with Crippen molar-refractivity contribution >= 4 is 24.3 Å². The van der Waals surface area contributed by atoms with Gasteiger partial charge in [-0.25, -0.2) is 0 Å². The van der Waals surface area contributed by atoms with Gasteiger partial charge in [0.05, 0.1) is 0 Å². The van der Waals surface area contributed by atoms with Crippen molar-refractivity contribution in [1.29, 1.82) is 0 Å². The van der Waals surface area contributed by atoms with Crippen LogP contribution in [0, 0.1) is 5.92 Å². The summed E-state index contributed by atoms with van der Waals surface area (Å²) >= 11 is -2.49. The first-order chi connectivity index (χ1) is 9.04. The Hall–Kier alpha value is -0.111. The Morgan fingerprint density at radius 2 is 1.95 bits per heavy atom. The third-order valence-corrected chi connectivity index (χ3v) is 10.3. The molecule has 0 bridgehead atoms.